The highest BCUT2D eigenvalue weighted by Gasteiger charge is 2.28. The highest BCUT2D eigenvalue weighted by molar-refractivity contribution is 7.13. The van der Waals surface area contributed by atoms with Crippen molar-refractivity contribution in [2.45, 2.75) is 51.0 Å². The van der Waals surface area contributed by atoms with Gasteiger partial charge in [0.05, 0.1) is 34.6 Å². The van der Waals surface area contributed by atoms with Gasteiger partial charge in [-0.1, -0.05) is 32.1 Å². The van der Waals surface area contributed by atoms with E-state index in [1.807, 2.05) is 0 Å². The minimum absolute atomic E-state index is 0.0452. The average molecular weight is 428 g/mol. The van der Waals surface area contributed by atoms with Crippen LogP contribution in [0.1, 0.15) is 59.2 Å². The summed E-state index contributed by atoms with van der Waals surface area (Å²) in [4.78, 5) is 46.2. The monoisotopic (exact) mass is 427 g/mol. The summed E-state index contributed by atoms with van der Waals surface area (Å²) >= 11 is 1.18. The number of fused-ring (bicyclic) bond motifs is 1. The highest BCUT2D eigenvalue weighted by atomic mass is 32.1. The lowest BCUT2D eigenvalue weighted by atomic mass is 9.83. The van der Waals surface area contributed by atoms with Gasteiger partial charge in [0.2, 0.25) is 0 Å². The minimum atomic E-state index is -0.690. The van der Waals surface area contributed by atoms with E-state index in [2.05, 4.69) is 9.97 Å². The maximum atomic E-state index is 13.7. The Labute approximate surface area is 176 Å². The summed E-state index contributed by atoms with van der Waals surface area (Å²) in [6.07, 6.45) is 9.64. The van der Waals surface area contributed by atoms with Crippen LogP contribution in [0.2, 0.25) is 0 Å². The van der Waals surface area contributed by atoms with Crippen molar-refractivity contribution in [1.82, 2.24) is 14.5 Å². The van der Waals surface area contributed by atoms with Gasteiger partial charge in [-0.15, -0.1) is 11.3 Å². The van der Waals surface area contributed by atoms with Gasteiger partial charge in [0, 0.05) is 6.20 Å². The summed E-state index contributed by atoms with van der Waals surface area (Å²) < 4.78 is 15.1. The normalized spacial score (nSPS) is 15.9. The van der Waals surface area contributed by atoms with E-state index in [-0.39, 0.29) is 17.6 Å². The lowest BCUT2D eigenvalue weighted by molar-refractivity contribution is -0.122. The number of aldehydes is 1. The number of ketones is 1. The van der Waals surface area contributed by atoms with E-state index in [9.17, 15) is 18.8 Å². The van der Waals surface area contributed by atoms with Gasteiger partial charge in [0.15, 0.2) is 12.1 Å². The van der Waals surface area contributed by atoms with Gasteiger partial charge in [0.1, 0.15) is 10.8 Å². The molecule has 2 heterocycles. The minimum Gasteiger partial charge on any atom is -0.297 e. The number of thiazole rings is 1. The van der Waals surface area contributed by atoms with Crippen LogP contribution in [0.3, 0.4) is 0 Å². The standard InChI is InChI=1S/C22H22FN3O3S/c23-15-6-7-18-17(9-15)22(29)26(13-25-18)19(8-14-4-2-1-3-5-14)20(28)10-21-24-11-16(12-27)30-21/h6-7,9,11-14,19H,1-5,8,10H2. The maximum absolute atomic E-state index is 13.7. The van der Waals surface area contributed by atoms with E-state index in [1.54, 1.807) is 0 Å². The molecule has 1 fully saturated rings. The number of Topliss-reactive ketones (excluding diaryl/α,β-unsaturated/α-hetero) is 1. The number of hydrogen-bond donors (Lipinski definition) is 0. The van der Waals surface area contributed by atoms with E-state index < -0.39 is 17.4 Å². The van der Waals surface area contributed by atoms with Gasteiger partial charge >= 0.3 is 0 Å². The number of rotatable bonds is 7. The summed E-state index contributed by atoms with van der Waals surface area (Å²) in [6, 6.07) is 3.20. The van der Waals surface area contributed by atoms with Crippen LogP contribution in [-0.2, 0) is 11.2 Å². The molecule has 1 unspecified atom stereocenters. The van der Waals surface area contributed by atoms with Gasteiger partial charge in [-0.3, -0.25) is 19.0 Å². The zero-order chi connectivity index (χ0) is 21.1. The van der Waals surface area contributed by atoms with Gasteiger partial charge in [-0.2, -0.15) is 0 Å². The van der Waals surface area contributed by atoms with Crippen molar-refractivity contribution in [3.05, 3.63) is 56.8 Å². The van der Waals surface area contributed by atoms with Crippen LogP contribution in [-0.4, -0.2) is 26.6 Å². The van der Waals surface area contributed by atoms with Crippen LogP contribution in [0.5, 0.6) is 0 Å². The van der Waals surface area contributed by atoms with Crippen molar-refractivity contribution < 1.29 is 14.0 Å². The van der Waals surface area contributed by atoms with Crippen molar-refractivity contribution in [2.75, 3.05) is 0 Å². The second-order valence-electron chi connectivity index (χ2n) is 7.79. The number of carbonyl (C=O) groups excluding carboxylic acids is 2. The molecule has 0 saturated heterocycles. The second kappa shape index (κ2) is 8.95. The van der Waals surface area contributed by atoms with E-state index in [1.165, 1.54) is 53.0 Å². The van der Waals surface area contributed by atoms with Crippen molar-refractivity contribution in [1.29, 1.82) is 0 Å². The van der Waals surface area contributed by atoms with Gasteiger partial charge in [-0.05, 0) is 30.5 Å². The molecule has 156 valence electrons. The first-order valence-electron chi connectivity index (χ1n) is 10.1. The SMILES string of the molecule is O=Cc1cnc(CC(=O)C(CC2CCCCC2)n2cnc3ccc(F)cc3c2=O)s1. The molecule has 0 aliphatic heterocycles. The Bertz CT molecular complexity index is 1130. The van der Waals surface area contributed by atoms with Crippen LogP contribution in [0, 0.1) is 11.7 Å². The zero-order valence-corrected chi connectivity index (χ0v) is 17.2. The third kappa shape index (κ3) is 4.38. The van der Waals surface area contributed by atoms with Crippen LogP contribution < -0.4 is 5.56 Å². The van der Waals surface area contributed by atoms with Crippen molar-refractivity contribution in [3.8, 4) is 0 Å². The summed E-state index contributed by atoms with van der Waals surface area (Å²) in [5, 5.41) is 0.708. The number of carbonyl (C=O) groups is 2. The summed E-state index contributed by atoms with van der Waals surface area (Å²) in [5.41, 5.74) is -0.0153. The smallest absolute Gasteiger partial charge is 0.261 e. The first kappa shape index (κ1) is 20.5. The van der Waals surface area contributed by atoms with E-state index in [0.29, 0.717) is 34.0 Å². The average Bonchev–Trinajstić information content (AvgIpc) is 3.21. The molecule has 3 aromatic rings. The number of hydrogen-bond acceptors (Lipinski definition) is 6. The Kier molecular flexibility index (Phi) is 6.13. The Hall–Kier alpha value is -2.74. The van der Waals surface area contributed by atoms with Gasteiger partial charge < -0.3 is 0 Å². The Morgan fingerprint density at radius 2 is 2.07 bits per heavy atom. The molecule has 0 spiro atoms. The molecule has 2 aromatic heterocycles. The number of benzene rings is 1. The Morgan fingerprint density at radius 3 is 2.80 bits per heavy atom. The third-order valence-electron chi connectivity index (χ3n) is 5.75. The van der Waals surface area contributed by atoms with Crippen molar-refractivity contribution >= 4 is 34.3 Å². The molecule has 0 radical (unpaired) electrons. The third-order valence-corrected chi connectivity index (χ3v) is 6.67. The molecule has 1 aliphatic rings. The number of aromatic nitrogens is 3. The Balaban J connectivity index is 1.69. The van der Waals surface area contributed by atoms with Crippen LogP contribution in [0.25, 0.3) is 10.9 Å². The fourth-order valence-electron chi connectivity index (χ4n) is 4.20. The lowest BCUT2D eigenvalue weighted by Gasteiger charge is -2.27. The molecule has 0 amide bonds. The molecule has 8 heteroatoms. The molecule has 4 rings (SSSR count). The molecule has 1 aromatic carbocycles. The molecular weight excluding hydrogens is 405 g/mol. The first-order valence-corrected chi connectivity index (χ1v) is 11.0. The summed E-state index contributed by atoms with van der Waals surface area (Å²) in [5.74, 6) is -0.310. The van der Waals surface area contributed by atoms with E-state index in [0.717, 1.165) is 25.7 Å². The first-order chi connectivity index (χ1) is 14.5. The molecule has 0 bridgehead atoms. The Morgan fingerprint density at radius 1 is 1.27 bits per heavy atom. The van der Waals surface area contributed by atoms with Crippen LogP contribution in [0.4, 0.5) is 4.39 Å². The molecule has 1 atom stereocenters. The van der Waals surface area contributed by atoms with Crippen molar-refractivity contribution in [2.24, 2.45) is 5.92 Å². The topological polar surface area (TPSA) is 81.9 Å². The fraction of sp³-hybridized carbons (Fsp3) is 0.409. The number of halogens is 1. The summed E-state index contributed by atoms with van der Waals surface area (Å²) in [6.45, 7) is 0. The molecule has 6 nitrogen and oxygen atoms in total. The molecule has 1 aliphatic carbocycles. The molecule has 1 saturated carbocycles. The quantitative estimate of drug-likeness (QED) is 0.530. The van der Waals surface area contributed by atoms with Crippen LogP contribution in [0.15, 0.2) is 35.5 Å². The highest BCUT2D eigenvalue weighted by Crippen LogP contribution is 2.31. The summed E-state index contributed by atoms with van der Waals surface area (Å²) in [7, 11) is 0. The predicted octanol–water partition coefficient (Wildman–Crippen LogP) is 4.13. The molecule has 0 N–H and O–H groups in total. The number of nitrogens with zero attached hydrogens (tertiary/aromatic N) is 3. The molecular formula is C22H22FN3O3S. The maximum Gasteiger partial charge on any atom is 0.261 e. The zero-order valence-electron chi connectivity index (χ0n) is 16.4. The second-order valence-corrected chi connectivity index (χ2v) is 8.94. The van der Waals surface area contributed by atoms with Gasteiger partial charge in [0.25, 0.3) is 5.56 Å². The van der Waals surface area contributed by atoms with Crippen LogP contribution >= 0.6 is 11.3 Å². The van der Waals surface area contributed by atoms with E-state index >= 15 is 0 Å². The van der Waals surface area contributed by atoms with E-state index in [4.69, 9.17) is 0 Å². The largest absolute Gasteiger partial charge is 0.297 e. The fourth-order valence-corrected chi connectivity index (χ4v) is 4.94. The van der Waals surface area contributed by atoms with Gasteiger partial charge in [-0.25, -0.2) is 14.4 Å². The lowest BCUT2D eigenvalue weighted by Crippen LogP contribution is -2.33. The van der Waals surface area contributed by atoms with Crippen molar-refractivity contribution in [3.63, 3.8) is 0 Å². The predicted molar refractivity (Wildman–Crippen MR) is 112 cm³/mol. The molecule has 30 heavy (non-hydrogen) atoms.